The molecule has 114 valence electrons. The summed E-state index contributed by atoms with van der Waals surface area (Å²) in [5.74, 6) is -1.85. The molecule has 1 rings (SSSR count). The maximum absolute atomic E-state index is 12.1. The van der Waals surface area contributed by atoms with Crippen LogP contribution in [0, 0.1) is 16.0 Å². The number of amides is 1. The predicted octanol–water partition coefficient (Wildman–Crippen LogP) is 1.41. The first-order valence-electron chi connectivity index (χ1n) is 6.30. The van der Waals surface area contributed by atoms with Crippen molar-refractivity contribution >= 4 is 23.3 Å². The molecule has 8 nitrogen and oxygen atoms in total. The molecule has 0 saturated heterocycles. The van der Waals surface area contributed by atoms with Crippen molar-refractivity contribution in [1.82, 2.24) is 5.32 Å². The zero-order valence-corrected chi connectivity index (χ0v) is 11.7. The lowest BCUT2D eigenvalue weighted by atomic mass is 10.0. The number of carboxylic acid groups (broad SMARTS) is 1. The molecule has 1 aromatic carbocycles. The molecule has 0 aromatic heterocycles. The Balaban J connectivity index is 2.99. The first-order chi connectivity index (χ1) is 9.72. The maximum Gasteiger partial charge on any atom is 0.326 e. The van der Waals surface area contributed by atoms with E-state index in [9.17, 15) is 19.7 Å². The summed E-state index contributed by atoms with van der Waals surface area (Å²) in [5.41, 5.74) is 5.26. The molecule has 21 heavy (non-hydrogen) atoms. The van der Waals surface area contributed by atoms with Crippen LogP contribution in [-0.4, -0.2) is 27.9 Å². The quantitative estimate of drug-likeness (QED) is 0.412. The minimum Gasteiger partial charge on any atom is -0.480 e. The van der Waals surface area contributed by atoms with E-state index in [0.717, 1.165) is 6.07 Å². The number of benzene rings is 1. The van der Waals surface area contributed by atoms with E-state index in [0.29, 0.717) is 0 Å². The van der Waals surface area contributed by atoms with Gasteiger partial charge in [-0.15, -0.1) is 0 Å². The first kappa shape index (κ1) is 16.4. The number of nitrogen functional groups attached to an aromatic ring is 1. The molecule has 0 aliphatic heterocycles. The number of carboxylic acids is 1. The second-order valence-electron chi connectivity index (χ2n) is 5.02. The average molecular weight is 295 g/mol. The monoisotopic (exact) mass is 295 g/mol. The van der Waals surface area contributed by atoms with Gasteiger partial charge in [0.05, 0.1) is 10.5 Å². The summed E-state index contributed by atoms with van der Waals surface area (Å²) in [6.07, 6.45) is 0.246. The maximum atomic E-state index is 12.1. The van der Waals surface area contributed by atoms with Crippen LogP contribution in [0.4, 0.5) is 11.4 Å². The number of carbonyl (C=O) groups excluding carboxylic acids is 1. The largest absolute Gasteiger partial charge is 0.480 e. The molecule has 1 aromatic rings. The minimum atomic E-state index is -1.17. The van der Waals surface area contributed by atoms with Crippen LogP contribution in [0.25, 0.3) is 0 Å². The molecule has 1 atom stereocenters. The highest BCUT2D eigenvalue weighted by molar-refractivity contribution is 6.01. The second kappa shape index (κ2) is 6.69. The molecule has 0 aliphatic rings. The molecular formula is C13H17N3O5. The molecule has 1 amide bonds. The second-order valence-corrected chi connectivity index (χ2v) is 5.02. The summed E-state index contributed by atoms with van der Waals surface area (Å²) in [7, 11) is 0. The topological polar surface area (TPSA) is 136 Å². The number of nitrogens with zero attached hydrogens (tertiary/aromatic N) is 1. The van der Waals surface area contributed by atoms with Gasteiger partial charge >= 0.3 is 5.97 Å². The molecule has 8 heteroatoms. The number of hydrogen-bond donors (Lipinski definition) is 3. The number of anilines is 1. The van der Waals surface area contributed by atoms with Crippen LogP contribution < -0.4 is 11.1 Å². The number of non-ortho nitro benzene ring substituents is 1. The van der Waals surface area contributed by atoms with Gasteiger partial charge in [0.15, 0.2) is 0 Å². The molecule has 0 bridgehead atoms. The van der Waals surface area contributed by atoms with Gasteiger partial charge in [-0.05, 0) is 18.4 Å². The fourth-order valence-corrected chi connectivity index (χ4v) is 1.78. The molecule has 0 saturated carbocycles. The molecule has 0 fully saturated rings. The van der Waals surface area contributed by atoms with Crippen LogP contribution in [0.5, 0.6) is 0 Å². The highest BCUT2D eigenvalue weighted by atomic mass is 16.6. The van der Waals surface area contributed by atoms with Gasteiger partial charge in [0.25, 0.3) is 11.6 Å². The lowest BCUT2D eigenvalue weighted by Crippen LogP contribution is -2.41. The van der Waals surface area contributed by atoms with Crippen molar-refractivity contribution in [2.45, 2.75) is 26.3 Å². The normalized spacial score (nSPS) is 12.0. The van der Waals surface area contributed by atoms with E-state index in [4.69, 9.17) is 10.8 Å². The number of hydrogen-bond acceptors (Lipinski definition) is 5. The van der Waals surface area contributed by atoms with Crippen LogP contribution >= 0.6 is 0 Å². The van der Waals surface area contributed by atoms with E-state index < -0.39 is 22.8 Å². The van der Waals surface area contributed by atoms with Gasteiger partial charge in [0.2, 0.25) is 0 Å². The van der Waals surface area contributed by atoms with Gasteiger partial charge < -0.3 is 16.2 Å². The number of nitrogens with one attached hydrogen (secondary N) is 1. The molecule has 0 aliphatic carbocycles. The van der Waals surface area contributed by atoms with E-state index in [1.54, 1.807) is 0 Å². The van der Waals surface area contributed by atoms with Crippen molar-refractivity contribution in [3.8, 4) is 0 Å². The van der Waals surface area contributed by atoms with Crippen molar-refractivity contribution in [2.24, 2.45) is 5.92 Å². The van der Waals surface area contributed by atoms with E-state index in [-0.39, 0.29) is 29.3 Å². The number of aliphatic carboxylic acids is 1. The lowest BCUT2D eigenvalue weighted by Gasteiger charge is -2.17. The van der Waals surface area contributed by atoms with E-state index in [1.807, 2.05) is 13.8 Å². The third-order valence-electron chi connectivity index (χ3n) is 2.80. The number of nitro benzene ring substituents is 1. The Morgan fingerprint density at radius 2 is 2.05 bits per heavy atom. The van der Waals surface area contributed by atoms with Crippen molar-refractivity contribution in [1.29, 1.82) is 0 Å². The smallest absolute Gasteiger partial charge is 0.326 e. The molecular weight excluding hydrogens is 278 g/mol. The summed E-state index contributed by atoms with van der Waals surface area (Å²) in [4.78, 5) is 33.2. The van der Waals surface area contributed by atoms with Gasteiger partial charge in [0.1, 0.15) is 6.04 Å². The highest BCUT2D eigenvalue weighted by Gasteiger charge is 2.23. The van der Waals surface area contributed by atoms with Gasteiger partial charge in [0, 0.05) is 17.8 Å². The number of nitro groups is 1. The first-order valence-corrected chi connectivity index (χ1v) is 6.30. The zero-order chi connectivity index (χ0) is 16.2. The van der Waals surface area contributed by atoms with Crippen molar-refractivity contribution in [3.63, 3.8) is 0 Å². The molecule has 0 unspecified atom stereocenters. The third kappa shape index (κ3) is 4.44. The van der Waals surface area contributed by atoms with Crippen LogP contribution in [0.1, 0.15) is 30.6 Å². The van der Waals surface area contributed by atoms with E-state index in [1.165, 1.54) is 12.1 Å². The Hall–Kier alpha value is -2.64. The standard InChI is InChI=1S/C13H17N3O5/c1-7(2)5-11(13(18)19)15-12(17)9-6-8(16(20)21)3-4-10(9)14/h3-4,6-7,11H,5,14H2,1-2H3,(H,15,17)(H,18,19)/t11-/m0/s1. The van der Waals surface area contributed by atoms with Gasteiger partial charge in [-0.25, -0.2) is 4.79 Å². The molecule has 0 radical (unpaired) electrons. The Labute approximate surface area is 121 Å². The fraction of sp³-hybridized carbons (Fsp3) is 0.385. The van der Waals surface area contributed by atoms with Gasteiger partial charge in [-0.1, -0.05) is 13.8 Å². The summed E-state index contributed by atoms with van der Waals surface area (Å²) in [6, 6.07) is 2.37. The Morgan fingerprint density at radius 1 is 1.43 bits per heavy atom. The van der Waals surface area contributed by atoms with Crippen LogP contribution in [0.2, 0.25) is 0 Å². The number of carbonyl (C=O) groups is 2. The SMILES string of the molecule is CC(C)C[C@H](NC(=O)c1cc([N+](=O)[O-])ccc1N)C(=O)O. The summed E-state index contributed by atoms with van der Waals surface area (Å²) in [6.45, 7) is 3.65. The van der Waals surface area contributed by atoms with Crippen LogP contribution in [0.15, 0.2) is 18.2 Å². The van der Waals surface area contributed by atoms with Crippen molar-refractivity contribution in [3.05, 3.63) is 33.9 Å². The highest BCUT2D eigenvalue weighted by Crippen LogP contribution is 2.20. The average Bonchev–Trinajstić information content (AvgIpc) is 2.37. The van der Waals surface area contributed by atoms with E-state index in [2.05, 4.69) is 5.32 Å². The lowest BCUT2D eigenvalue weighted by molar-refractivity contribution is -0.384. The Morgan fingerprint density at radius 3 is 2.52 bits per heavy atom. The number of rotatable bonds is 6. The zero-order valence-electron chi connectivity index (χ0n) is 11.7. The van der Waals surface area contributed by atoms with Crippen LogP contribution in [0.3, 0.4) is 0 Å². The Kier molecular flexibility index (Phi) is 5.23. The van der Waals surface area contributed by atoms with Crippen molar-refractivity contribution < 1.29 is 19.6 Å². The molecule has 0 spiro atoms. The predicted molar refractivity (Wildman–Crippen MR) is 75.9 cm³/mol. The minimum absolute atomic E-state index is 0.0479. The van der Waals surface area contributed by atoms with Gasteiger partial charge in [-0.3, -0.25) is 14.9 Å². The summed E-state index contributed by atoms with van der Waals surface area (Å²) in [5, 5.41) is 22.1. The number of nitrogens with two attached hydrogens (primary N) is 1. The van der Waals surface area contributed by atoms with Crippen LogP contribution in [-0.2, 0) is 4.79 Å². The molecule has 4 N–H and O–H groups in total. The summed E-state index contributed by atoms with van der Waals surface area (Å²) >= 11 is 0. The molecule has 0 heterocycles. The van der Waals surface area contributed by atoms with Crippen molar-refractivity contribution in [2.75, 3.05) is 5.73 Å². The summed E-state index contributed by atoms with van der Waals surface area (Å²) < 4.78 is 0. The van der Waals surface area contributed by atoms with E-state index >= 15 is 0 Å². The fourth-order valence-electron chi connectivity index (χ4n) is 1.78. The third-order valence-corrected chi connectivity index (χ3v) is 2.80. The van der Waals surface area contributed by atoms with Gasteiger partial charge in [-0.2, -0.15) is 0 Å². The Bertz CT molecular complexity index is 571.